The summed E-state index contributed by atoms with van der Waals surface area (Å²) in [6, 6.07) is 3.64. The Balaban J connectivity index is 1.91. The molecule has 0 aliphatic heterocycles. The molecule has 1 amide bonds. The van der Waals surface area contributed by atoms with E-state index >= 15 is 0 Å². The molecule has 3 nitrogen and oxygen atoms in total. The minimum Gasteiger partial charge on any atom is -0.326 e. The Morgan fingerprint density at radius 1 is 1.20 bits per heavy atom. The number of carbonyl (C=O) groups is 1. The third-order valence-corrected chi connectivity index (χ3v) is 2.92. The molecule has 0 bridgehead atoms. The predicted molar refractivity (Wildman–Crippen MR) is 59.4 cm³/mol. The summed E-state index contributed by atoms with van der Waals surface area (Å²) in [4.78, 5) is 15.7. The molecule has 1 aromatic heterocycles. The summed E-state index contributed by atoms with van der Waals surface area (Å²) < 4.78 is 0. The largest absolute Gasteiger partial charge is 0.326 e. The first-order chi connectivity index (χ1) is 7.36. The van der Waals surface area contributed by atoms with Gasteiger partial charge in [-0.2, -0.15) is 0 Å². The molecule has 0 saturated heterocycles. The van der Waals surface area contributed by atoms with Gasteiger partial charge in [-0.15, -0.1) is 0 Å². The van der Waals surface area contributed by atoms with Gasteiger partial charge >= 0.3 is 0 Å². The molecule has 80 valence electrons. The Morgan fingerprint density at radius 3 is 2.53 bits per heavy atom. The second kappa shape index (κ2) is 4.91. The summed E-state index contributed by atoms with van der Waals surface area (Å²) >= 11 is 0. The minimum atomic E-state index is 0.168. The molecule has 0 spiro atoms. The first-order valence-electron chi connectivity index (χ1n) is 5.57. The highest BCUT2D eigenvalue weighted by molar-refractivity contribution is 5.92. The average Bonchev–Trinajstić information content (AvgIpc) is 2.31. The number of hydrogen-bond donors (Lipinski definition) is 1. The molecular formula is C12H16N2O. The van der Waals surface area contributed by atoms with Gasteiger partial charge in [-0.25, -0.2) is 0 Å². The lowest BCUT2D eigenvalue weighted by Crippen LogP contribution is -2.24. The van der Waals surface area contributed by atoms with Crippen LogP contribution in [0.1, 0.15) is 32.1 Å². The summed E-state index contributed by atoms with van der Waals surface area (Å²) in [6.45, 7) is 0. The van der Waals surface area contributed by atoms with Crippen molar-refractivity contribution in [1.82, 2.24) is 4.98 Å². The molecule has 1 aromatic rings. The maximum atomic E-state index is 11.8. The third kappa shape index (κ3) is 2.78. The Labute approximate surface area is 89.9 Å². The van der Waals surface area contributed by atoms with Crippen LogP contribution in [-0.2, 0) is 4.79 Å². The van der Waals surface area contributed by atoms with Crippen LogP contribution in [0, 0.1) is 5.92 Å². The standard InChI is InChI=1S/C12H16N2O/c15-12(10-4-2-1-3-5-10)14-11-6-8-13-9-7-11/h6-10H,1-5H2,(H,13,14,15)/i12-1. The highest BCUT2D eigenvalue weighted by Gasteiger charge is 2.20. The maximum Gasteiger partial charge on any atom is 0.227 e. The van der Waals surface area contributed by atoms with Crippen molar-refractivity contribution in [2.45, 2.75) is 32.1 Å². The van der Waals surface area contributed by atoms with Crippen LogP contribution in [0.4, 0.5) is 5.69 Å². The fourth-order valence-electron chi connectivity index (χ4n) is 2.04. The predicted octanol–water partition coefficient (Wildman–Crippen LogP) is 2.60. The Morgan fingerprint density at radius 2 is 1.87 bits per heavy atom. The number of carbonyl (C=O) groups excluding carboxylic acids is 1. The Kier molecular flexibility index (Phi) is 3.33. The van der Waals surface area contributed by atoms with Crippen LogP contribution in [0.3, 0.4) is 0 Å². The van der Waals surface area contributed by atoms with Gasteiger partial charge < -0.3 is 5.32 Å². The number of nitrogens with one attached hydrogen (secondary N) is 1. The van der Waals surface area contributed by atoms with E-state index in [4.69, 9.17) is 0 Å². The maximum absolute atomic E-state index is 11.8. The number of anilines is 1. The molecule has 3 heteroatoms. The van der Waals surface area contributed by atoms with Crippen LogP contribution in [0.2, 0.25) is 0 Å². The molecule has 0 radical (unpaired) electrons. The van der Waals surface area contributed by atoms with E-state index in [0.717, 1.165) is 18.5 Å². The zero-order chi connectivity index (χ0) is 10.5. The molecule has 2 rings (SSSR count). The lowest BCUT2D eigenvalue weighted by Gasteiger charge is -2.20. The van der Waals surface area contributed by atoms with Crippen LogP contribution in [-0.4, -0.2) is 10.9 Å². The number of aromatic nitrogens is 1. The molecule has 0 atom stereocenters. The number of rotatable bonds is 2. The summed E-state index contributed by atoms with van der Waals surface area (Å²) in [6.07, 6.45) is 9.11. The van der Waals surface area contributed by atoms with Crippen molar-refractivity contribution in [2.75, 3.05) is 5.32 Å². The van der Waals surface area contributed by atoms with Gasteiger partial charge in [0.1, 0.15) is 0 Å². The van der Waals surface area contributed by atoms with Crippen LogP contribution >= 0.6 is 0 Å². The van der Waals surface area contributed by atoms with E-state index in [2.05, 4.69) is 10.3 Å². The lowest BCUT2D eigenvalue weighted by atomic mass is 9.71. The van der Waals surface area contributed by atoms with Gasteiger partial charge in [0, 0.05) is 24.0 Å². The van der Waals surface area contributed by atoms with Crippen LogP contribution < -0.4 is 5.32 Å². The van der Waals surface area contributed by atoms with Crippen LogP contribution in [0.5, 0.6) is 0 Å². The normalized spacial score (nSPS) is 17.3. The van der Waals surface area contributed by atoms with Gasteiger partial charge in [0.25, 0.3) is 0 Å². The van der Waals surface area contributed by atoms with E-state index in [1.54, 1.807) is 12.4 Å². The van der Waals surface area contributed by atoms with Gasteiger partial charge in [0.05, 0.1) is 0 Å². The van der Waals surface area contributed by atoms with Gasteiger partial charge in [-0.1, -0.05) is 19.3 Å². The molecule has 0 unspecified atom stereocenters. The van der Waals surface area contributed by atoms with Crippen molar-refractivity contribution < 1.29 is 4.79 Å². The van der Waals surface area contributed by atoms with Crippen molar-refractivity contribution in [2.24, 2.45) is 5.92 Å². The minimum absolute atomic E-state index is 0.168. The van der Waals surface area contributed by atoms with Crippen molar-refractivity contribution in [1.29, 1.82) is 0 Å². The fraction of sp³-hybridized carbons (Fsp3) is 0.500. The molecule has 1 saturated carbocycles. The molecule has 15 heavy (non-hydrogen) atoms. The second-order valence-electron chi connectivity index (χ2n) is 4.06. The molecular weight excluding hydrogens is 187 g/mol. The monoisotopic (exact) mass is 203 g/mol. The molecule has 1 aliphatic rings. The van der Waals surface area contributed by atoms with Crippen LogP contribution in [0.15, 0.2) is 24.5 Å². The summed E-state index contributed by atoms with van der Waals surface area (Å²) in [5, 5.41) is 2.93. The first-order valence-corrected chi connectivity index (χ1v) is 5.57. The second-order valence-corrected chi connectivity index (χ2v) is 4.06. The highest BCUT2D eigenvalue weighted by atomic mass is 16.1. The van der Waals surface area contributed by atoms with E-state index in [1.165, 1.54) is 19.3 Å². The smallest absolute Gasteiger partial charge is 0.227 e. The average molecular weight is 203 g/mol. The van der Waals surface area contributed by atoms with Gasteiger partial charge in [0.15, 0.2) is 0 Å². The molecule has 1 N–H and O–H groups in total. The van der Waals surface area contributed by atoms with E-state index in [-0.39, 0.29) is 11.8 Å². The fourth-order valence-corrected chi connectivity index (χ4v) is 2.04. The van der Waals surface area contributed by atoms with Crippen molar-refractivity contribution >= 4 is 11.6 Å². The Hall–Kier alpha value is -1.38. The van der Waals surface area contributed by atoms with Crippen molar-refractivity contribution in [3.8, 4) is 0 Å². The molecule has 1 heterocycles. The Bertz CT molecular complexity index is 318. The zero-order valence-corrected chi connectivity index (χ0v) is 8.78. The number of amides is 1. The van der Waals surface area contributed by atoms with Crippen molar-refractivity contribution in [3.05, 3.63) is 24.5 Å². The van der Waals surface area contributed by atoms with Gasteiger partial charge in [0.2, 0.25) is 5.91 Å². The van der Waals surface area contributed by atoms with E-state index in [0.29, 0.717) is 0 Å². The van der Waals surface area contributed by atoms with E-state index in [9.17, 15) is 4.79 Å². The van der Waals surface area contributed by atoms with Crippen LogP contribution in [0.25, 0.3) is 0 Å². The van der Waals surface area contributed by atoms with E-state index < -0.39 is 0 Å². The lowest BCUT2D eigenvalue weighted by molar-refractivity contribution is -0.120. The topological polar surface area (TPSA) is 42.0 Å². The number of hydrogen-bond acceptors (Lipinski definition) is 2. The summed E-state index contributed by atoms with van der Waals surface area (Å²) in [5.41, 5.74) is 0.848. The number of nitrogens with zero attached hydrogens (tertiary/aromatic N) is 1. The summed E-state index contributed by atoms with van der Waals surface area (Å²) in [7, 11) is 0. The third-order valence-electron chi connectivity index (χ3n) is 2.92. The van der Waals surface area contributed by atoms with E-state index in [1.807, 2.05) is 12.1 Å². The first kappa shape index (κ1) is 10.1. The SMILES string of the molecule is O=[11C](Nc1ccncc1)C1CCCCC1. The van der Waals surface area contributed by atoms with Gasteiger partial charge in [-0.05, 0) is 25.0 Å². The number of pyridine rings is 1. The van der Waals surface area contributed by atoms with Gasteiger partial charge in [-0.3, -0.25) is 9.78 Å². The molecule has 1 fully saturated rings. The molecule has 1 aliphatic carbocycles. The highest BCUT2D eigenvalue weighted by Crippen LogP contribution is 2.24. The molecule has 0 aromatic carbocycles. The zero-order valence-electron chi connectivity index (χ0n) is 8.78. The summed E-state index contributed by atoms with van der Waals surface area (Å²) in [5.74, 6) is 0.382. The quantitative estimate of drug-likeness (QED) is 0.802. The van der Waals surface area contributed by atoms with Crippen molar-refractivity contribution in [3.63, 3.8) is 0 Å².